The van der Waals surface area contributed by atoms with Crippen molar-refractivity contribution < 1.29 is 4.79 Å². The minimum atomic E-state index is -0.295. The van der Waals surface area contributed by atoms with E-state index in [1.807, 2.05) is 36.9 Å². The fourth-order valence-corrected chi connectivity index (χ4v) is 2.68. The number of para-hydroxylation sites is 1. The molecule has 3 rings (SSSR count). The molecule has 5 heteroatoms. The third-order valence-electron chi connectivity index (χ3n) is 3.61. The number of fused-ring (bicyclic) bond motifs is 1. The second-order valence-corrected chi connectivity index (χ2v) is 5.16. The van der Waals surface area contributed by atoms with Crippen LogP contribution in [0.2, 0.25) is 0 Å². The van der Waals surface area contributed by atoms with Crippen LogP contribution in [0.15, 0.2) is 49.2 Å². The molecule has 1 aromatic carbocycles. The van der Waals surface area contributed by atoms with Crippen molar-refractivity contribution in [1.29, 1.82) is 0 Å². The van der Waals surface area contributed by atoms with Gasteiger partial charge in [0.05, 0.1) is 12.7 Å². The number of hydrogen-bond donors (Lipinski definition) is 1. The van der Waals surface area contributed by atoms with Crippen LogP contribution in [0.4, 0.5) is 0 Å². The Morgan fingerprint density at radius 1 is 1.24 bits per heavy atom. The minimum Gasteiger partial charge on any atom is -0.369 e. The molecule has 0 radical (unpaired) electrons. The Morgan fingerprint density at radius 3 is 2.86 bits per heavy atom. The molecule has 0 aliphatic heterocycles. The average molecular weight is 282 g/mol. The van der Waals surface area contributed by atoms with Crippen LogP contribution in [-0.4, -0.2) is 20.0 Å². The maximum Gasteiger partial charge on any atom is 0.221 e. The van der Waals surface area contributed by atoms with E-state index >= 15 is 0 Å². The van der Waals surface area contributed by atoms with Crippen LogP contribution >= 0.6 is 0 Å². The van der Waals surface area contributed by atoms with E-state index in [1.54, 1.807) is 6.20 Å². The van der Waals surface area contributed by atoms with Crippen LogP contribution in [0.5, 0.6) is 0 Å². The SMILES string of the molecule is NC(=O)Cc1cn(CCCn2ccnc2)c2ccccc12. The van der Waals surface area contributed by atoms with Crippen molar-refractivity contribution >= 4 is 16.8 Å². The van der Waals surface area contributed by atoms with Gasteiger partial charge in [-0.1, -0.05) is 18.2 Å². The van der Waals surface area contributed by atoms with E-state index in [2.05, 4.69) is 20.2 Å². The van der Waals surface area contributed by atoms with Crippen LogP contribution in [-0.2, 0) is 24.3 Å². The van der Waals surface area contributed by atoms with E-state index in [9.17, 15) is 4.79 Å². The molecule has 0 fully saturated rings. The molecule has 3 aromatic rings. The number of hydrogen-bond acceptors (Lipinski definition) is 2. The Labute approximate surface area is 123 Å². The fourth-order valence-electron chi connectivity index (χ4n) is 2.68. The molecule has 0 spiro atoms. The molecule has 0 saturated carbocycles. The Morgan fingerprint density at radius 2 is 2.10 bits per heavy atom. The number of carbonyl (C=O) groups excluding carboxylic acids is 1. The summed E-state index contributed by atoms with van der Waals surface area (Å²) in [5.41, 5.74) is 7.48. The molecule has 0 atom stereocenters. The van der Waals surface area contributed by atoms with Crippen molar-refractivity contribution in [3.05, 3.63) is 54.7 Å². The lowest BCUT2D eigenvalue weighted by Crippen LogP contribution is -2.13. The van der Waals surface area contributed by atoms with Gasteiger partial charge in [-0.05, 0) is 18.1 Å². The highest BCUT2D eigenvalue weighted by atomic mass is 16.1. The first-order chi connectivity index (χ1) is 10.2. The molecular formula is C16H18N4O. The summed E-state index contributed by atoms with van der Waals surface area (Å²) in [6, 6.07) is 8.13. The molecule has 5 nitrogen and oxygen atoms in total. The number of imidazole rings is 1. The summed E-state index contributed by atoms with van der Waals surface area (Å²) >= 11 is 0. The van der Waals surface area contributed by atoms with E-state index in [0.29, 0.717) is 0 Å². The van der Waals surface area contributed by atoms with Gasteiger partial charge < -0.3 is 14.9 Å². The number of aryl methyl sites for hydroxylation is 2. The number of benzene rings is 1. The summed E-state index contributed by atoms with van der Waals surface area (Å²) in [4.78, 5) is 15.2. The zero-order valence-corrected chi connectivity index (χ0v) is 11.8. The van der Waals surface area contributed by atoms with Crippen molar-refractivity contribution in [3.63, 3.8) is 0 Å². The van der Waals surface area contributed by atoms with Gasteiger partial charge in [0.2, 0.25) is 5.91 Å². The lowest BCUT2D eigenvalue weighted by Gasteiger charge is -2.05. The largest absolute Gasteiger partial charge is 0.369 e. The first kappa shape index (κ1) is 13.4. The van der Waals surface area contributed by atoms with E-state index in [-0.39, 0.29) is 12.3 Å². The second-order valence-electron chi connectivity index (χ2n) is 5.16. The van der Waals surface area contributed by atoms with Crippen molar-refractivity contribution in [3.8, 4) is 0 Å². The number of primary amides is 1. The highest BCUT2D eigenvalue weighted by Gasteiger charge is 2.09. The standard InChI is InChI=1S/C16H18N4O/c17-16(21)10-13-11-20(15-5-2-1-4-14(13)15)8-3-7-19-9-6-18-12-19/h1-2,4-6,9,11-12H,3,7-8,10H2,(H2,17,21). The molecule has 108 valence electrons. The quantitative estimate of drug-likeness (QED) is 0.751. The zero-order chi connectivity index (χ0) is 14.7. The Hall–Kier alpha value is -2.56. The van der Waals surface area contributed by atoms with Crippen molar-refractivity contribution in [1.82, 2.24) is 14.1 Å². The van der Waals surface area contributed by atoms with Gasteiger partial charge >= 0.3 is 0 Å². The smallest absolute Gasteiger partial charge is 0.221 e. The number of amides is 1. The summed E-state index contributed by atoms with van der Waals surface area (Å²) in [6.07, 6.45) is 8.91. The van der Waals surface area contributed by atoms with Gasteiger partial charge in [0.25, 0.3) is 0 Å². The first-order valence-corrected chi connectivity index (χ1v) is 7.05. The summed E-state index contributed by atoms with van der Waals surface area (Å²) in [6.45, 7) is 1.83. The lowest BCUT2D eigenvalue weighted by molar-refractivity contribution is -0.117. The molecule has 1 amide bonds. The van der Waals surface area contributed by atoms with Gasteiger partial charge in [0, 0.05) is 42.6 Å². The minimum absolute atomic E-state index is 0.287. The number of carbonyl (C=O) groups is 1. The number of nitrogens with two attached hydrogens (primary N) is 1. The highest BCUT2D eigenvalue weighted by molar-refractivity contribution is 5.88. The third kappa shape index (κ3) is 2.97. The zero-order valence-electron chi connectivity index (χ0n) is 11.8. The van der Waals surface area contributed by atoms with Gasteiger partial charge in [-0.2, -0.15) is 0 Å². The molecule has 0 bridgehead atoms. The molecule has 0 unspecified atom stereocenters. The van der Waals surface area contributed by atoms with Crippen molar-refractivity contribution in [2.75, 3.05) is 0 Å². The van der Waals surface area contributed by atoms with E-state index in [0.717, 1.165) is 36.0 Å². The number of aromatic nitrogens is 3. The average Bonchev–Trinajstić information content (AvgIpc) is 3.08. The van der Waals surface area contributed by atoms with Crippen LogP contribution in [0.3, 0.4) is 0 Å². The van der Waals surface area contributed by atoms with Gasteiger partial charge in [-0.3, -0.25) is 4.79 Å². The highest BCUT2D eigenvalue weighted by Crippen LogP contribution is 2.22. The number of nitrogens with zero attached hydrogens (tertiary/aromatic N) is 3. The molecule has 2 aromatic heterocycles. The summed E-state index contributed by atoms with van der Waals surface area (Å²) in [5.74, 6) is -0.295. The topological polar surface area (TPSA) is 65.8 Å². The van der Waals surface area contributed by atoms with E-state index in [4.69, 9.17) is 5.73 Å². The molecule has 0 aliphatic rings. The van der Waals surface area contributed by atoms with Crippen molar-refractivity contribution in [2.45, 2.75) is 25.9 Å². The van der Waals surface area contributed by atoms with Crippen molar-refractivity contribution in [2.24, 2.45) is 5.73 Å². The summed E-state index contributed by atoms with van der Waals surface area (Å²) < 4.78 is 4.26. The van der Waals surface area contributed by atoms with Crippen LogP contribution in [0, 0.1) is 0 Å². The van der Waals surface area contributed by atoms with Gasteiger partial charge in [-0.25, -0.2) is 4.98 Å². The first-order valence-electron chi connectivity index (χ1n) is 7.05. The van der Waals surface area contributed by atoms with E-state index in [1.165, 1.54) is 0 Å². The molecule has 21 heavy (non-hydrogen) atoms. The Kier molecular flexibility index (Phi) is 3.73. The second kappa shape index (κ2) is 5.83. The molecule has 2 heterocycles. The normalized spacial score (nSPS) is 11.0. The fraction of sp³-hybridized carbons (Fsp3) is 0.250. The monoisotopic (exact) mass is 282 g/mol. The molecular weight excluding hydrogens is 264 g/mol. The van der Waals surface area contributed by atoms with Crippen LogP contribution in [0.1, 0.15) is 12.0 Å². The van der Waals surface area contributed by atoms with Crippen LogP contribution in [0.25, 0.3) is 10.9 Å². The Balaban J connectivity index is 1.79. The van der Waals surface area contributed by atoms with E-state index < -0.39 is 0 Å². The maximum absolute atomic E-state index is 11.2. The van der Waals surface area contributed by atoms with Crippen LogP contribution < -0.4 is 5.73 Å². The molecule has 0 saturated heterocycles. The lowest BCUT2D eigenvalue weighted by atomic mass is 10.1. The molecule has 0 aliphatic carbocycles. The number of rotatable bonds is 6. The third-order valence-corrected chi connectivity index (χ3v) is 3.61. The predicted molar refractivity (Wildman–Crippen MR) is 81.7 cm³/mol. The maximum atomic E-state index is 11.2. The van der Waals surface area contributed by atoms with Gasteiger partial charge in [0.15, 0.2) is 0 Å². The Bertz CT molecular complexity index is 743. The molecule has 2 N–H and O–H groups in total. The van der Waals surface area contributed by atoms with Gasteiger partial charge in [0.1, 0.15) is 0 Å². The summed E-state index contributed by atoms with van der Waals surface area (Å²) in [7, 11) is 0. The summed E-state index contributed by atoms with van der Waals surface area (Å²) in [5, 5.41) is 1.11. The predicted octanol–water partition coefficient (Wildman–Crippen LogP) is 1.96. The van der Waals surface area contributed by atoms with Gasteiger partial charge in [-0.15, -0.1) is 0 Å².